The number of pyridine rings is 1. The van der Waals surface area contributed by atoms with E-state index in [-0.39, 0.29) is 11.9 Å². The molecule has 1 aromatic heterocycles. The Bertz CT molecular complexity index is 623. The fourth-order valence-electron chi connectivity index (χ4n) is 3.21. The quantitative estimate of drug-likeness (QED) is 0.856. The predicted molar refractivity (Wildman–Crippen MR) is 93.3 cm³/mol. The second kappa shape index (κ2) is 7.83. The average molecular weight is 331 g/mol. The largest absolute Gasteiger partial charge is 0.352 e. The number of nitrogens with zero attached hydrogens (tertiary/aromatic N) is 2. The first kappa shape index (κ1) is 17.8. The van der Waals surface area contributed by atoms with Crippen molar-refractivity contribution in [3.63, 3.8) is 0 Å². The van der Waals surface area contributed by atoms with E-state index in [2.05, 4.69) is 30.2 Å². The molecule has 1 aliphatic rings. The highest BCUT2D eigenvalue weighted by Crippen LogP contribution is 2.30. The highest BCUT2D eigenvalue weighted by molar-refractivity contribution is 8.00. The van der Waals surface area contributed by atoms with Crippen LogP contribution in [0.4, 0.5) is 0 Å². The minimum absolute atomic E-state index is 0.0331. The summed E-state index contributed by atoms with van der Waals surface area (Å²) in [6, 6.07) is 4.36. The van der Waals surface area contributed by atoms with Crippen LogP contribution in [0.1, 0.15) is 49.9 Å². The predicted octanol–water partition coefficient (Wildman–Crippen LogP) is 3.60. The number of amides is 1. The number of carbonyl (C=O) groups excluding carboxylic acids is 1. The van der Waals surface area contributed by atoms with Crippen molar-refractivity contribution in [3.05, 3.63) is 22.9 Å². The Balaban J connectivity index is 1.96. The minimum atomic E-state index is 0.0331. The van der Waals surface area contributed by atoms with Crippen LogP contribution in [0, 0.1) is 37.0 Å². The first-order valence-corrected chi connectivity index (χ1v) is 9.21. The second-order valence-corrected chi connectivity index (χ2v) is 7.57. The van der Waals surface area contributed by atoms with E-state index >= 15 is 0 Å². The molecule has 0 saturated heterocycles. The first-order chi connectivity index (χ1) is 10.9. The van der Waals surface area contributed by atoms with Gasteiger partial charge in [-0.25, -0.2) is 4.98 Å². The standard InChI is InChI=1S/C18H25N3OS/c1-11-6-5-7-16(14(11)4)21-17(22)10-23-18-15(9-19)12(2)8-13(3)20-18/h8,11,14,16H,5-7,10H2,1-4H3,(H,21,22)/t11-,14-,16-/m1/s1. The molecule has 5 heteroatoms. The van der Waals surface area contributed by atoms with Gasteiger partial charge in [-0.2, -0.15) is 5.26 Å². The molecule has 1 saturated carbocycles. The molecule has 1 amide bonds. The molecule has 0 unspecified atom stereocenters. The molecule has 0 aromatic carbocycles. The molecule has 0 bridgehead atoms. The Kier molecular flexibility index (Phi) is 6.06. The van der Waals surface area contributed by atoms with E-state index in [1.54, 1.807) is 0 Å². The third-order valence-electron chi connectivity index (χ3n) is 4.82. The zero-order valence-electron chi connectivity index (χ0n) is 14.3. The molecule has 3 atom stereocenters. The molecular formula is C18H25N3OS. The molecule has 4 nitrogen and oxygen atoms in total. The molecule has 1 heterocycles. The number of nitrogens with one attached hydrogen (secondary N) is 1. The molecule has 23 heavy (non-hydrogen) atoms. The van der Waals surface area contributed by atoms with Crippen LogP contribution in [-0.2, 0) is 4.79 Å². The van der Waals surface area contributed by atoms with Crippen molar-refractivity contribution in [3.8, 4) is 6.07 Å². The summed E-state index contributed by atoms with van der Waals surface area (Å²) in [6.45, 7) is 8.30. The van der Waals surface area contributed by atoms with E-state index < -0.39 is 0 Å². The van der Waals surface area contributed by atoms with E-state index in [0.717, 1.165) is 17.7 Å². The lowest BCUT2D eigenvalue weighted by Crippen LogP contribution is -2.44. The summed E-state index contributed by atoms with van der Waals surface area (Å²) in [5, 5.41) is 13.1. The summed E-state index contributed by atoms with van der Waals surface area (Å²) in [7, 11) is 0. The Hall–Kier alpha value is -1.54. The average Bonchev–Trinajstić information content (AvgIpc) is 2.49. The lowest BCUT2D eigenvalue weighted by atomic mass is 9.78. The fourth-order valence-corrected chi connectivity index (χ4v) is 4.12. The van der Waals surface area contributed by atoms with Gasteiger partial charge in [0.15, 0.2) is 0 Å². The zero-order chi connectivity index (χ0) is 17.0. The number of aryl methyl sites for hydroxylation is 2. The number of hydrogen-bond donors (Lipinski definition) is 1. The number of rotatable bonds is 4. The molecular weight excluding hydrogens is 306 g/mol. The van der Waals surface area contributed by atoms with E-state index in [1.165, 1.54) is 24.6 Å². The van der Waals surface area contributed by atoms with Gasteiger partial charge in [-0.15, -0.1) is 0 Å². The van der Waals surface area contributed by atoms with Gasteiger partial charge in [0.25, 0.3) is 0 Å². The van der Waals surface area contributed by atoms with Gasteiger partial charge in [0, 0.05) is 11.7 Å². The van der Waals surface area contributed by atoms with Gasteiger partial charge < -0.3 is 5.32 Å². The number of hydrogen-bond acceptors (Lipinski definition) is 4. The molecule has 124 valence electrons. The van der Waals surface area contributed by atoms with Crippen molar-refractivity contribution in [2.75, 3.05) is 5.75 Å². The van der Waals surface area contributed by atoms with Crippen molar-refractivity contribution >= 4 is 17.7 Å². The summed E-state index contributed by atoms with van der Waals surface area (Å²) >= 11 is 1.35. The molecule has 1 N–H and O–H groups in total. The topological polar surface area (TPSA) is 65.8 Å². The third kappa shape index (κ3) is 4.48. The Labute approximate surface area is 143 Å². The highest BCUT2D eigenvalue weighted by Gasteiger charge is 2.28. The van der Waals surface area contributed by atoms with Gasteiger partial charge in [0.05, 0.1) is 11.3 Å². The fraction of sp³-hybridized carbons (Fsp3) is 0.611. The third-order valence-corrected chi connectivity index (χ3v) is 5.79. The van der Waals surface area contributed by atoms with Crippen molar-refractivity contribution in [2.24, 2.45) is 11.8 Å². The van der Waals surface area contributed by atoms with E-state index in [0.29, 0.717) is 28.2 Å². The molecule has 0 spiro atoms. The van der Waals surface area contributed by atoms with Crippen molar-refractivity contribution in [1.82, 2.24) is 10.3 Å². The van der Waals surface area contributed by atoms with Crippen LogP contribution in [0.5, 0.6) is 0 Å². The summed E-state index contributed by atoms with van der Waals surface area (Å²) in [6.07, 6.45) is 3.49. The van der Waals surface area contributed by atoms with Crippen LogP contribution in [0.2, 0.25) is 0 Å². The van der Waals surface area contributed by atoms with Crippen LogP contribution >= 0.6 is 11.8 Å². The smallest absolute Gasteiger partial charge is 0.230 e. The zero-order valence-corrected chi connectivity index (χ0v) is 15.2. The first-order valence-electron chi connectivity index (χ1n) is 8.23. The van der Waals surface area contributed by atoms with Crippen LogP contribution in [0.25, 0.3) is 0 Å². The van der Waals surface area contributed by atoms with Crippen molar-refractivity contribution in [1.29, 1.82) is 5.26 Å². The van der Waals surface area contributed by atoms with Gasteiger partial charge in [0.1, 0.15) is 11.1 Å². The SMILES string of the molecule is Cc1cc(C)c(C#N)c(SCC(=O)N[C@@H]2CCC[C@@H](C)[C@H]2C)n1. The van der Waals surface area contributed by atoms with Gasteiger partial charge >= 0.3 is 0 Å². The molecule has 1 aliphatic carbocycles. The molecule has 1 aromatic rings. The number of nitriles is 1. The van der Waals surface area contributed by atoms with Gasteiger partial charge in [0.2, 0.25) is 5.91 Å². The maximum atomic E-state index is 12.3. The summed E-state index contributed by atoms with van der Waals surface area (Å²) < 4.78 is 0. The van der Waals surface area contributed by atoms with Gasteiger partial charge in [-0.05, 0) is 43.7 Å². The van der Waals surface area contributed by atoms with Crippen molar-refractivity contribution in [2.45, 2.75) is 58.0 Å². The van der Waals surface area contributed by atoms with Gasteiger partial charge in [-0.1, -0.05) is 38.5 Å². The van der Waals surface area contributed by atoms with E-state index in [9.17, 15) is 10.1 Å². The number of thioether (sulfide) groups is 1. The normalized spacial score (nSPS) is 24.0. The summed E-state index contributed by atoms with van der Waals surface area (Å²) in [5.74, 6) is 1.52. The van der Waals surface area contributed by atoms with Gasteiger partial charge in [-0.3, -0.25) is 4.79 Å². The van der Waals surface area contributed by atoms with Crippen LogP contribution in [0.15, 0.2) is 11.1 Å². The van der Waals surface area contributed by atoms with Crippen LogP contribution < -0.4 is 5.32 Å². The van der Waals surface area contributed by atoms with Crippen LogP contribution in [0.3, 0.4) is 0 Å². The molecule has 0 radical (unpaired) electrons. The Morgan fingerprint density at radius 1 is 1.43 bits per heavy atom. The number of aromatic nitrogens is 1. The maximum Gasteiger partial charge on any atom is 0.230 e. The minimum Gasteiger partial charge on any atom is -0.352 e. The Morgan fingerprint density at radius 2 is 2.17 bits per heavy atom. The summed E-state index contributed by atoms with van der Waals surface area (Å²) in [5.41, 5.74) is 2.37. The lowest BCUT2D eigenvalue weighted by molar-refractivity contribution is -0.119. The van der Waals surface area contributed by atoms with Crippen LogP contribution in [-0.4, -0.2) is 22.7 Å². The molecule has 2 rings (SSSR count). The number of carbonyl (C=O) groups is 1. The van der Waals surface area contributed by atoms with Crippen molar-refractivity contribution < 1.29 is 4.79 Å². The Morgan fingerprint density at radius 3 is 2.87 bits per heavy atom. The lowest BCUT2D eigenvalue weighted by Gasteiger charge is -2.34. The van der Waals surface area contributed by atoms with E-state index in [4.69, 9.17) is 0 Å². The monoisotopic (exact) mass is 331 g/mol. The van der Waals surface area contributed by atoms with E-state index in [1.807, 2.05) is 19.9 Å². The summed E-state index contributed by atoms with van der Waals surface area (Å²) in [4.78, 5) is 16.7. The second-order valence-electron chi connectivity index (χ2n) is 6.60. The highest BCUT2D eigenvalue weighted by atomic mass is 32.2. The molecule has 0 aliphatic heterocycles. The molecule has 1 fully saturated rings. The maximum absolute atomic E-state index is 12.3.